The topological polar surface area (TPSA) is 46.2 Å². The molecule has 0 spiro atoms. The van der Waals surface area contributed by atoms with Crippen LogP contribution in [-0.2, 0) is 0 Å². The molecule has 2 aromatic carbocycles. The Labute approximate surface area is 167 Å². The molecule has 2 nitrogen and oxygen atoms in total. The van der Waals surface area contributed by atoms with Crippen LogP contribution in [0.1, 0.15) is 77.3 Å². The van der Waals surface area contributed by atoms with Crippen molar-refractivity contribution in [2.75, 3.05) is 7.05 Å². The lowest BCUT2D eigenvalue weighted by atomic mass is 9.79. The van der Waals surface area contributed by atoms with Crippen LogP contribution in [0.5, 0.6) is 5.75 Å². The number of hydrogen-bond acceptors (Lipinski definition) is 2. The van der Waals surface area contributed by atoms with Crippen LogP contribution in [-0.4, -0.2) is 12.2 Å². The molecular weight excluding hydrogens is 330 g/mol. The first-order chi connectivity index (χ1) is 13.1. The van der Waals surface area contributed by atoms with Gasteiger partial charge in [0, 0.05) is 0 Å². The number of phenolic OH excluding ortho intramolecular Hbond substituents is 1. The first-order valence-corrected chi connectivity index (χ1v) is 10.6. The molecule has 1 saturated carbocycles. The van der Waals surface area contributed by atoms with E-state index in [-0.39, 0.29) is 0 Å². The van der Waals surface area contributed by atoms with Crippen LogP contribution in [0.3, 0.4) is 0 Å². The minimum Gasteiger partial charge on any atom is -0.508 e. The van der Waals surface area contributed by atoms with Crippen molar-refractivity contribution in [2.24, 2.45) is 11.7 Å². The molecule has 3 N–H and O–H groups in total. The fourth-order valence-electron chi connectivity index (χ4n) is 3.50. The van der Waals surface area contributed by atoms with E-state index in [0.717, 1.165) is 11.8 Å². The molecule has 2 aromatic rings. The Morgan fingerprint density at radius 3 is 1.81 bits per heavy atom. The van der Waals surface area contributed by atoms with E-state index in [2.05, 4.69) is 37.8 Å². The summed E-state index contributed by atoms with van der Waals surface area (Å²) in [5.74, 6) is 1.97. The second kappa shape index (κ2) is 14.3. The van der Waals surface area contributed by atoms with Gasteiger partial charge in [-0.25, -0.2) is 0 Å². The maximum atomic E-state index is 9.41. The quantitative estimate of drug-likeness (QED) is 0.582. The first kappa shape index (κ1) is 25.2. The molecular formula is C25H41NO. The summed E-state index contributed by atoms with van der Waals surface area (Å²) < 4.78 is 0. The first-order valence-electron chi connectivity index (χ1n) is 10.6. The average Bonchev–Trinajstić information content (AvgIpc) is 2.74. The number of rotatable bonds is 2. The van der Waals surface area contributed by atoms with Crippen molar-refractivity contribution in [1.82, 2.24) is 0 Å². The lowest BCUT2D eigenvalue weighted by Crippen LogP contribution is -2.10. The van der Waals surface area contributed by atoms with Crippen LogP contribution < -0.4 is 5.73 Å². The van der Waals surface area contributed by atoms with Gasteiger partial charge in [0.1, 0.15) is 5.75 Å². The predicted octanol–water partition coefficient (Wildman–Crippen LogP) is 7.29. The molecule has 0 aliphatic heterocycles. The molecule has 0 amide bonds. The maximum Gasteiger partial charge on any atom is 0.115 e. The Morgan fingerprint density at radius 1 is 0.815 bits per heavy atom. The molecule has 0 heterocycles. The third-order valence-corrected chi connectivity index (χ3v) is 4.92. The maximum absolute atomic E-state index is 9.41. The average molecular weight is 372 g/mol. The standard InChI is InChI=1S/C20H24O.2C2H6.CH5N/c1-14-3-5-16(6-4-14)18-9-12-20(15(2)13-18)17-7-10-19(21)11-8-17;3*1-2/h7-14,16,21H,3-6H2,1-2H3;2*1-2H3;2H2,1H3. The molecule has 0 saturated heterocycles. The van der Waals surface area contributed by atoms with Crippen LogP contribution in [0.15, 0.2) is 42.5 Å². The summed E-state index contributed by atoms with van der Waals surface area (Å²) in [6.45, 7) is 12.6. The highest BCUT2D eigenvalue weighted by atomic mass is 16.3. The van der Waals surface area contributed by atoms with E-state index in [4.69, 9.17) is 0 Å². The van der Waals surface area contributed by atoms with Crippen molar-refractivity contribution in [3.8, 4) is 16.9 Å². The van der Waals surface area contributed by atoms with E-state index in [0.29, 0.717) is 5.75 Å². The molecule has 3 rings (SSSR count). The fourth-order valence-corrected chi connectivity index (χ4v) is 3.50. The fraction of sp³-hybridized carbons (Fsp3) is 0.520. The van der Waals surface area contributed by atoms with Crippen LogP contribution in [0.2, 0.25) is 0 Å². The molecule has 2 heteroatoms. The van der Waals surface area contributed by atoms with Gasteiger partial charge in [0.05, 0.1) is 0 Å². The van der Waals surface area contributed by atoms with Crippen molar-refractivity contribution in [2.45, 2.75) is 73.1 Å². The highest BCUT2D eigenvalue weighted by Crippen LogP contribution is 2.37. The molecule has 0 atom stereocenters. The second-order valence-electron chi connectivity index (χ2n) is 6.58. The zero-order chi connectivity index (χ0) is 20.8. The lowest BCUT2D eigenvalue weighted by Gasteiger charge is -2.27. The van der Waals surface area contributed by atoms with Crippen LogP contribution in [0.25, 0.3) is 11.1 Å². The van der Waals surface area contributed by atoms with E-state index in [9.17, 15) is 5.11 Å². The van der Waals surface area contributed by atoms with Gasteiger partial charge in [-0.05, 0) is 73.0 Å². The number of benzene rings is 2. The van der Waals surface area contributed by atoms with E-state index < -0.39 is 0 Å². The Bertz CT molecular complexity index is 611. The molecule has 1 fully saturated rings. The molecule has 0 unspecified atom stereocenters. The summed E-state index contributed by atoms with van der Waals surface area (Å²) in [5.41, 5.74) is 9.77. The molecule has 0 radical (unpaired) electrons. The SMILES string of the molecule is CC.CC.CN.Cc1cc(C2CCC(C)CC2)ccc1-c1ccc(O)cc1. The number of aromatic hydroxyl groups is 1. The van der Waals surface area contributed by atoms with Crippen molar-refractivity contribution in [3.05, 3.63) is 53.6 Å². The van der Waals surface area contributed by atoms with Crippen LogP contribution in [0.4, 0.5) is 0 Å². The summed E-state index contributed by atoms with van der Waals surface area (Å²) in [6, 6.07) is 14.4. The van der Waals surface area contributed by atoms with E-state index in [1.54, 1.807) is 12.1 Å². The number of aryl methyl sites for hydroxylation is 1. The number of phenols is 1. The van der Waals surface area contributed by atoms with Gasteiger partial charge >= 0.3 is 0 Å². The van der Waals surface area contributed by atoms with E-state index in [1.807, 2.05) is 39.8 Å². The molecule has 1 aliphatic rings. The molecule has 27 heavy (non-hydrogen) atoms. The van der Waals surface area contributed by atoms with Crippen molar-refractivity contribution < 1.29 is 5.11 Å². The van der Waals surface area contributed by atoms with E-state index in [1.165, 1.54) is 55.0 Å². The Morgan fingerprint density at radius 2 is 1.33 bits per heavy atom. The summed E-state index contributed by atoms with van der Waals surface area (Å²) in [6.07, 6.45) is 5.39. The van der Waals surface area contributed by atoms with Crippen molar-refractivity contribution in [1.29, 1.82) is 0 Å². The predicted molar refractivity (Wildman–Crippen MR) is 121 cm³/mol. The van der Waals surface area contributed by atoms with Gasteiger partial charge in [0.2, 0.25) is 0 Å². The summed E-state index contributed by atoms with van der Waals surface area (Å²) in [5, 5.41) is 9.41. The van der Waals surface area contributed by atoms with Crippen molar-refractivity contribution in [3.63, 3.8) is 0 Å². The van der Waals surface area contributed by atoms with Gasteiger partial charge in [0.25, 0.3) is 0 Å². The highest BCUT2D eigenvalue weighted by molar-refractivity contribution is 5.68. The van der Waals surface area contributed by atoms with Gasteiger partial charge in [-0.3, -0.25) is 0 Å². The number of hydrogen-bond donors (Lipinski definition) is 2. The van der Waals surface area contributed by atoms with Gasteiger partial charge < -0.3 is 10.8 Å². The largest absolute Gasteiger partial charge is 0.508 e. The monoisotopic (exact) mass is 371 g/mol. The zero-order valence-electron chi connectivity index (χ0n) is 18.5. The van der Waals surface area contributed by atoms with E-state index >= 15 is 0 Å². The Balaban J connectivity index is 0.00000103. The smallest absolute Gasteiger partial charge is 0.115 e. The van der Waals surface area contributed by atoms with Crippen LogP contribution >= 0.6 is 0 Å². The zero-order valence-corrected chi connectivity index (χ0v) is 18.5. The minimum absolute atomic E-state index is 0.323. The highest BCUT2D eigenvalue weighted by Gasteiger charge is 2.20. The third-order valence-electron chi connectivity index (χ3n) is 4.92. The van der Waals surface area contributed by atoms with Gasteiger partial charge in [-0.15, -0.1) is 0 Å². The van der Waals surface area contributed by atoms with Gasteiger partial charge in [-0.1, -0.05) is 77.8 Å². The normalized spacial score (nSPS) is 17.9. The van der Waals surface area contributed by atoms with Crippen molar-refractivity contribution >= 4 is 0 Å². The van der Waals surface area contributed by atoms with Gasteiger partial charge in [-0.2, -0.15) is 0 Å². The number of nitrogens with two attached hydrogens (primary N) is 1. The molecule has 152 valence electrons. The Hall–Kier alpha value is -1.80. The molecule has 1 aliphatic carbocycles. The van der Waals surface area contributed by atoms with Crippen LogP contribution in [0, 0.1) is 12.8 Å². The molecule has 0 aromatic heterocycles. The lowest BCUT2D eigenvalue weighted by molar-refractivity contribution is 0.348. The second-order valence-corrected chi connectivity index (χ2v) is 6.58. The summed E-state index contributed by atoms with van der Waals surface area (Å²) >= 11 is 0. The third kappa shape index (κ3) is 7.76. The minimum atomic E-state index is 0.323. The Kier molecular flexibility index (Phi) is 13.3. The summed E-state index contributed by atoms with van der Waals surface area (Å²) in [7, 11) is 1.50. The molecule has 0 bridgehead atoms. The van der Waals surface area contributed by atoms with Gasteiger partial charge in [0.15, 0.2) is 0 Å². The summed E-state index contributed by atoms with van der Waals surface area (Å²) in [4.78, 5) is 0.